The largest absolute Gasteiger partial charge is 0.481 e. The highest BCUT2D eigenvalue weighted by Gasteiger charge is 2.26. The van der Waals surface area contributed by atoms with Crippen molar-refractivity contribution in [1.82, 2.24) is 9.88 Å². The number of carbonyl (C=O) groups excluding carboxylic acids is 1. The van der Waals surface area contributed by atoms with E-state index >= 15 is 0 Å². The number of carboxylic acids is 1. The topological polar surface area (TPSA) is 71.3 Å². The lowest BCUT2D eigenvalue weighted by molar-refractivity contribution is -0.138. The van der Waals surface area contributed by atoms with Gasteiger partial charge in [-0.3, -0.25) is 9.59 Å². The molecule has 2 heterocycles. The van der Waals surface area contributed by atoms with Gasteiger partial charge < -0.3 is 15.0 Å². The molecule has 0 fully saturated rings. The van der Waals surface area contributed by atoms with E-state index in [9.17, 15) is 9.59 Å². The van der Waals surface area contributed by atoms with Crippen LogP contribution in [-0.4, -0.2) is 28.1 Å². The Morgan fingerprint density at radius 2 is 2.29 bits per heavy atom. The number of rotatable bonds is 2. The monoisotopic (exact) mass is 364 g/mol. The number of amides is 1. The number of hydrogen-bond donors (Lipinski definition) is 2. The molecule has 1 amide bonds. The molecule has 92 valence electrons. The van der Waals surface area contributed by atoms with Crippen molar-refractivity contribution in [2.45, 2.75) is 18.9 Å². The molecule has 1 aliphatic heterocycles. The molecular formula is C10H10Br2N2O3. The lowest BCUT2D eigenvalue weighted by Crippen LogP contribution is -2.28. The van der Waals surface area contributed by atoms with Crippen molar-refractivity contribution < 1.29 is 14.7 Å². The Morgan fingerprint density at radius 3 is 2.94 bits per heavy atom. The molecule has 0 aromatic carbocycles. The van der Waals surface area contributed by atoms with Gasteiger partial charge in [0.2, 0.25) is 5.91 Å². The zero-order valence-corrected chi connectivity index (χ0v) is 11.9. The molecule has 7 heteroatoms. The minimum atomic E-state index is -0.881. The number of aromatic nitrogens is 1. The number of halogens is 2. The first-order valence-electron chi connectivity index (χ1n) is 5.02. The highest BCUT2D eigenvalue weighted by Crippen LogP contribution is 2.32. The molecule has 2 rings (SSSR count). The standard InChI is InChI=1S/C10H10Br2N2O3/c11-7-1-5-2-8(15)13-4-6(3-9(16)17)14(5)10(7)12/h1,6H,2-4H2,(H,13,15)(H,16,17). The van der Waals surface area contributed by atoms with Crippen molar-refractivity contribution in [2.75, 3.05) is 6.54 Å². The van der Waals surface area contributed by atoms with E-state index in [0.29, 0.717) is 6.54 Å². The van der Waals surface area contributed by atoms with Crippen molar-refractivity contribution in [1.29, 1.82) is 0 Å². The van der Waals surface area contributed by atoms with Gasteiger partial charge in [-0.2, -0.15) is 0 Å². The van der Waals surface area contributed by atoms with Gasteiger partial charge in [-0.05, 0) is 37.9 Å². The molecule has 2 N–H and O–H groups in total. The van der Waals surface area contributed by atoms with Crippen LogP contribution in [0.25, 0.3) is 0 Å². The zero-order chi connectivity index (χ0) is 12.6. The van der Waals surface area contributed by atoms with Crippen LogP contribution in [0.4, 0.5) is 0 Å². The first kappa shape index (κ1) is 12.6. The smallest absolute Gasteiger partial charge is 0.305 e. The fraction of sp³-hybridized carbons (Fsp3) is 0.400. The first-order chi connectivity index (χ1) is 7.99. The second kappa shape index (κ2) is 4.81. The molecule has 0 spiro atoms. The van der Waals surface area contributed by atoms with Crippen LogP contribution in [0.2, 0.25) is 0 Å². The third-order valence-electron chi connectivity index (χ3n) is 2.66. The SMILES string of the molecule is O=C(O)CC1CNC(=O)Cc2cc(Br)c(Br)n21. The van der Waals surface area contributed by atoms with Crippen LogP contribution in [0.5, 0.6) is 0 Å². The van der Waals surface area contributed by atoms with Crippen LogP contribution in [0.15, 0.2) is 15.1 Å². The van der Waals surface area contributed by atoms with Crippen molar-refractivity contribution >= 4 is 43.7 Å². The van der Waals surface area contributed by atoms with Crippen molar-refractivity contribution in [2.24, 2.45) is 0 Å². The number of carbonyl (C=O) groups is 2. The van der Waals surface area contributed by atoms with E-state index in [2.05, 4.69) is 37.2 Å². The van der Waals surface area contributed by atoms with Gasteiger partial charge >= 0.3 is 5.97 Å². The van der Waals surface area contributed by atoms with Gasteiger partial charge in [0.1, 0.15) is 0 Å². The first-order valence-corrected chi connectivity index (χ1v) is 6.61. The summed E-state index contributed by atoms with van der Waals surface area (Å²) in [6, 6.07) is 1.57. The summed E-state index contributed by atoms with van der Waals surface area (Å²) in [7, 11) is 0. The van der Waals surface area contributed by atoms with Crippen molar-refractivity contribution in [3.63, 3.8) is 0 Å². The molecule has 0 aliphatic carbocycles. The van der Waals surface area contributed by atoms with Gasteiger partial charge in [0.15, 0.2) is 0 Å². The Bertz CT molecular complexity index is 484. The minimum Gasteiger partial charge on any atom is -0.481 e. The maximum absolute atomic E-state index is 11.5. The summed E-state index contributed by atoms with van der Waals surface area (Å²) < 4.78 is 3.46. The minimum absolute atomic E-state index is 0.0208. The number of fused-ring (bicyclic) bond motifs is 1. The number of aliphatic carboxylic acids is 1. The highest BCUT2D eigenvalue weighted by atomic mass is 79.9. The Balaban J connectivity index is 2.43. The van der Waals surface area contributed by atoms with E-state index < -0.39 is 5.97 Å². The van der Waals surface area contributed by atoms with E-state index in [4.69, 9.17) is 5.11 Å². The van der Waals surface area contributed by atoms with Crippen LogP contribution in [-0.2, 0) is 16.0 Å². The molecule has 0 saturated carbocycles. The van der Waals surface area contributed by atoms with Gasteiger partial charge in [0.25, 0.3) is 0 Å². The molecule has 5 nitrogen and oxygen atoms in total. The lowest BCUT2D eigenvalue weighted by atomic mass is 10.2. The van der Waals surface area contributed by atoms with E-state index in [1.54, 1.807) is 0 Å². The summed E-state index contributed by atoms with van der Waals surface area (Å²) in [6.07, 6.45) is 0.243. The highest BCUT2D eigenvalue weighted by molar-refractivity contribution is 9.13. The quantitative estimate of drug-likeness (QED) is 0.837. The zero-order valence-electron chi connectivity index (χ0n) is 8.74. The normalized spacial score (nSPS) is 19.4. The molecule has 1 atom stereocenters. The predicted octanol–water partition coefficient (Wildman–Crippen LogP) is 1.70. The van der Waals surface area contributed by atoms with E-state index in [1.165, 1.54) is 0 Å². The van der Waals surface area contributed by atoms with E-state index in [-0.39, 0.29) is 24.8 Å². The molecule has 1 aromatic rings. The molecular weight excluding hydrogens is 356 g/mol. The summed E-state index contributed by atoms with van der Waals surface area (Å²) >= 11 is 6.77. The summed E-state index contributed by atoms with van der Waals surface area (Å²) in [5, 5.41) is 11.6. The summed E-state index contributed by atoms with van der Waals surface area (Å²) in [5.74, 6) is -0.967. The average molecular weight is 366 g/mol. The van der Waals surface area contributed by atoms with Gasteiger partial charge in [0.05, 0.1) is 28.0 Å². The van der Waals surface area contributed by atoms with E-state index in [0.717, 1.165) is 14.8 Å². The van der Waals surface area contributed by atoms with Crippen molar-refractivity contribution in [3.05, 3.63) is 20.8 Å². The van der Waals surface area contributed by atoms with Gasteiger partial charge in [-0.1, -0.05) is 0 Å². The van der Waals surface area contributed by atoms with Gasteiger partial charge in [0, 0.05) is 12.2 Å². The fourth-order valence-electron chi connectivity index (χ4n) is 1.96. The van der Waals surface area contributed by atoms with Crippen LogP contribution in [0, 0.1) is 0 Å². The molecule has 0 bridgehead atoms. The Labute approximate surface area is 114 Å². The van der Waals surface area contributed by atoms with Gasteiger partial charge in [-0.15, -0.1) is 0 Å². The Morgan fingerprint density at radius 1 is 1.59 bits per heavy atom. The average Bonchev–Trinajstić information content (AvgIpc) is 2.41. The molecule has 17 heavy (non-hydrogen) atoms. The van der Waals surface area contributed by atoms with Crippen molar-refractivity contribution in [3.8, 4) is 0 Å². The second-order valence-corrected chi connectivity index (χ2v) is 5.48. The third-order valence-corrected chi connectivity index (χ3v) is 4.61. The molecule has 1 aliphatic rings. The third kappa shape index (κ3) is 2.55. The fourth-order valence-corrected chi connectivity index (χ4v) is 3.05. The molecule has 0 saturated heterocycles. The summed E-state index contributed by atoms with van der Waals surface area (Å²) in [5.41, 5.74) is 0.810. The molecule has 1 unspecified atom stereocenters. The Kier molecular flexibility index (Phi) is 3.58. The molecule has 1 aromatic heterocycles. The predicted molar refractivity (Wildman–Crippen MR) is 67.8 cm³/mol. The van der Waals surface area contributed by atoms with Crippen LogP contribution >= 0.6 is 31.9 Å². The molecule has 0 radical (unpaired) electrons. The van der Waals surface area contributed by atoms with Gasteiger partial charge in [-0.25, -0.2) is 0 Å². The number of hydrogen-bond acceptors (Lipinski definition) is 2. The lowest BCUT2D eigenvalue weighted by Gasteiger charge is -2.18. The maximum atomic E-state index is 11.5. The number of nitrogens with one attached hydrogen (secondary N) is 1. The number of carboxylic acid groups (broad SMARTS) is 1. The number of nitrogens with zero attached hydrogens (tertiary/aromatic N) is 1. The Hall–Kier alpha value is -0.820. The second-order valence-electron chi connectivity index (χ2n) is 3.88. The van der Waals surface area contributed by atoms with Crippen LogP contribution < -0.4 is 5.32 Å². The van der Waals surface area contributed by atoms with E-state index in [1.807, 2.05) is 10.6 Å². The summed E-state index contributed by atoms with van der Waals surface area (Å²) in [4.78, 5) is 22.3. The van der Waals surface area contributed by atoms with Crippen LogP contribution in [0.3, 0.4) is 0 Å². The van der Waals surface area contributed by atoms with Crippen LogP contribution in [0.1, 0.15) is 18.2 Å². The summed E-state index contributed by atoms with van der Waals surface area (Å²) in [6.45, 7) is 0.331. The maximum Gasteiger partial charge on any atom is 0.305 e.